The number of carbonyl (C=O) groups is 2. The molecule has 0 saturated carbocycles. The molecule has 20 heavy (non-hydrogen) atoms. The fraction of sp³-hybridized carbons (Fsp3) is 0.500. The third-order valence-electron chi connectivity index (χ3n) is 2.44. The van der Waals surface area contributed by atoms with E-state index < -0.39 is 17.5 Å². The van der Waals surface area contributed by atoms with Gasteiger partial charge in [0.1, 0.15) is 6.54 Å². The van der Waals surface area contributed by atoms with Gasteiger partial charge in [-0.15, -0.1) is 0 Å². The molecule has 0 spiro atoms. The molecule has 8 heteroatoms. The van der Waals surface area contributed by atoms with E-state index in [1.165, 1.54) is 10.8 Å². The molecule has 1 aromatic rings. The Morgan fingerprint density at radius 1 is 1.40 bits per heavy atom. The second-order valence-electron chi connectivity index (χ2n) is 4.10. The Bertz CT molecular complexity index is 469. The summed E-state index contributed by atoms with van der Waals surface area (Å²) in [7, 11) is 1.54. The minimum absolute atomic E-state index is 0.141. The van der Waals surface area contributed by atoms with Crippen LogP contribution < -0.4 is 5.32 Å². The average Bonchev–Trinajstić information content (AvgIpc) is 2.81. The van der Waals surface area contributed by atoms with Crippen LogP contribution >= 0.6 is 0 Å². The van der Waals surface area contributed by atoms with E-state index in [2.05, 4.69) is 5.32 Å². The SMILES string of the molecule is COCCCNC(=O)Cn1ccc(C(=O)C(F)(F)F)c1. The monoisotopic (exact) mass is 292 g/mol. The molecule has 112 valence electrons. The molecule has 0 aliphatic carbocycles. The summed E-state index contributed by atoms with van der Waals surface area (Å²) in [6, 6.07) is 1.04. The fourth-order valence-corrected chi connectivity index (χ4v) is 1.50. The number of ether oxygens (including phenoxy) is 1. The van der Waals surface area contributed by atoms with Crippen molar-refractivity contribution in [1.82, 2.24) is 9.88 Å². The van der Waals surface area contributed by atoms with Crippen molar-refractivity contribution in [3.63, 3.8) is 0 Å². The molecule has 0 aliphatic heterocycles. The molecule has 1 N–H and O–H groups in total. The molecule has 1 aromatic heterocycles. The van der Waals surface area contributed by atoms with Gasteiger partial charge in [-0.2, -0.15) is 13.2 Å². The molecular weight excluding hydrogens is 277 g/mol. The summed E-state index contributed by atoms with van der Waals surface area (Å²) in [6.07, 6.45) is -2.00. The van der Waals surface area contributed by atoms with Gasteiger partial charge >= 0.3 is 6.18 Å². The molecule has 1 heterocycles. The summed E-state index contributed by atoms with van der Waals surface area (Å²) in [4.78, 5) is 22.4. The van der Waals surface area contributed by atoms with Crippen molar-refractivity contribution in [3.8, 4) is 0 Å². The van der Waals surface area contributed by atoms with Gasteiger partial charge < -0.3 is 14.6 Å². The maximum absolute atomic E-state index is 12.2. The number of rotatable bonds is 7. The first-order chi connectivity index (χ1) is 9.34. The summed E-state index contributed by atoms with van der Waals surface area (Å²) in [6.45, 7) is 0.786. The Morgan fingerprint density at radius 3 is 2.70 bits per heavy atom. The highest BCUT2D eigenvalue weighted by atomic mass is 19.4. The van der Waals surface area contributed by atoms with Crippen molar-refractivity contribution in [3.05, 3.63) is 24.0 Å². The van der Waals surface area contributed by atoms with E-state index in [0.29, 0.717) is 19.6 Å². The van der Waals surface area contributed by atoms with Crippen LogP contribution in [0.2, 0.25) is 0 Å². The molecule has 0 aliphatic rings. The van der Waals surface area contributed by atoms with Gasteiger partial charge in [-0.25, -0.2) is 0 Å². The quantitative estimate of drug-likeness (QED) is 0.610. The number of Topliss-reactive ketones (excluding diaryl/α,β-unsaturated/α-hetero) is 1. The predicted molar refractivity (Wildman–Crippen MR) is 64.3 cm³/mol. The number of halogens is 3. The van der Waals surface area contributed by atoms with Crippen LogP contribution in [-0.2, 0) is 16.1 Å². The maximum Gasteiger partial charge on any atom is 0.454 e. The normalized spacial score (nSPS) is 11.4. The first-order valence-corrected chi connectivity index (χ1v) is 5.87. The van der Waals surface area contributed by atoms with Gasteiger partial charge in [0.15, 0.2) is 0 Å². The Morgan fingerprint density at radius 2 is 2.10 bits per heavy atom. The third kappa shape index (κ3) is 5.04. The van der Waals surface area contributed by atoms with E-state index >= 15 is 0 Å². The van der Waals surface area contributed by atoms with Crippen LogP contribution in [0.1, 0.15) is 16.8 Å². The molecule has 0 saturated heterocycles. The first-order valence-electron chi connectivity index (χ1n) is 5.87. The number of ketones is 1. The molecule has 1 rings (SSSR count). The summed E-state index contributed by atoms with van der Waals surface area (Å²) in [5.41, 5.74) is -0.482. The van der Waals surface area contributed by atoms with Gasteiger partial charge in [0.2, 0.25) is 5.91 Å². The van der Waals surface area contributed by atoms with Crippen LogP contribution in [0.15, 0.2) is 18.5 Å². The summed E-state index contributed by atoms with van der Waals surface area (Å²) >= 11 is 0. The lowest BCUT2D eigenvalue weighted by Crippen LogP contribution is -2.28. The van der Waals surface area contributed by atoms with E-state index in [-0.39, 0.29) is 12.5 Å². The van der Waals surface area contributed by atoms with Gasteiger partial charge in [0.05, 0.1) is 0 Å². The average molecular weight is 292 g/mol. The lowest BCUT2D eigenvalue weighted by molar-refractivity contribution is -0.121. The summed E-state index contributed by atoms with van der Waals surface area (Å²) in [5, 5.41) is 2.59. The lowest BCUT2D eigenvalue weighted by atomic mass is 10.2. The van der Waals surface area contributed by atoms with Crippen LogP contribution in [0.3, 0.4) is 0 Å². The molecule has 1 amide bonds. The topological polar surface area (TPSA) is 60.3 Å². The second-order valence-corrected chi connectivity index (χ2v) is 4.10. The van der Waals surface area contributed by atoms with Crippen LogP contribution in [0.4, 0.5) is 13.2 Å². The van der Waals surface area contributed by atoms with E-state index in [9.17, 15) is 22.8 Å². The Balaban J connectivity index is 2.48. The number of hydrogen-bond donors (Lipinski definition) is 1. The first kappa shape index (κ1) is 16.2. The number of methoxy groups -OCH3 is 1. The Hall–Kier alpha value is -1.83. The maximum atomic E-state index is 12.2. The lowest BCUT2D eigenvalue weighted by Gasteiger charge is -2.06. The molecule has 0 aromatic carbocycles. The largest absolute Gasteiger partial charge is 0.454 e. The van der Waals surface area contributed by atoms with Gasteiger partial charge in [-0.05, 0) is 12.5 Å². The van der Waals surface area contributed by atoms with Crippen molar-refractivity contribution in [2.75, 3.05) is 20.3 Å². The molecule has 5 nitrogen and oxygen atoms in total. The van der Waals surface area contributed by atoms with Gasteiger partial charge in [-0.3, -0.25) is 9.59 Å². The molecule has 0 bridgehead atoms. The minimum atomic E-state index is -4.91. The third-order valence-corrected chi connectivity index (χ3v) is 2.44. The summed E-state index contributed by atoms with van der Waals surface area (Å²) in [5.74, 6) is -2.26. The zero-order valence-electron chi connectivity index (χ0n) is 10.9. The fourth-order valence-electron chi connectivity index (χ4n) is 1.50. The number of amides is 1. The summed E-state index contributed by atoms with van der Waals surface area (Å²) < 4.78 is 42.6. The number of nitrogens with one attached hydrogen (secondary N) is 1. The van der Waals surface area contributed by atoms with Crippen LogP contribution in [0, 0.1) is 0 Å². The minimum Gasteiger partial charge on any atom is -0.385 e. The van der Waals surface area contributed by atoms with E-state index in [4.69, 9.17) is 4.74 Å². The number of alkyl halides is 3. The predicted octanol–water partition coefficient (Wildman–Crippen LogP) is 1.39. The molecular formula is C12H15F3N2O3. The highest BCUT2D eigenvalue weighted by Gasteiger charge is 2.39. The smallest absolute Gasteiger partial charge is 0.385 e. The Kier molecular flexibility index (Phi) is 5.75. The van der Waals surface area contributed by atoms with Crippen molar-refractivity contribution < 1.29 is 27.5 Å². The van der Waals surface area contributed by atoms with Crippen molar-refractivity contribution in [2.24, 2.45) is 0 Å². The van der Waals surface area contributed by atoms with Gasteiger partial charge in [-0.1, -0.05) is 0 Å². The van der Waals surface area contributed by atoms with Crippen molar-refractivity contribution in [2.45, 2.75) is 19.1 Å². The van der Waals surface area contributed by atoms with Gasteiger partial charge in [0, 0.05) is 38.2 Å². The van der Waals surface area contributed by atoms with Crippen LogP contribution in [0.5, 0.6) is 0 Å². The highest BCUT2D eigenvalue weighted by molar-refractivity contribution is 6.00. The Labute approximate surface area is 113 Å². The van der Waals surface area contributed by atoms with E-state index in [1.807, 2.05) is 0 Å². The van der Waals surface area contributed by atoms with E-state index in [1.54, 1.807) is 7.11 Å². The highest BCUT2D eigenvalue weighted by Crippen LogP contribution is 2.21. The number of hydrogen-bond acceptors (Lipinski definition) is 3. The molecule has 0 unspecified atom stereocenters. The number of carbonyl (C=O) groups excluding carboxylic acids is 2. The molecule has 0 fully saturated rings. The zero-order chi connectivity index (χ0) is 15.2. The van der Waals surface area contributed by atoms with E-state index in [0.717, 1.165) is 12.3 Å². The zero-order valence-corrected chi connectivity index (χ0v) is 10.9. The van der Waals surface area contributed by atoms with Crippen LogP contribution in [0.25, 0.3) is 0 Å². The van der Waals surface area contributed by atoms with Gasteiger partial charge in [0.25, 0.3) is 5.78 Å². The second kappa shape index (κ2) is 7.09. The van der Waals surface area contributed by atoms with Crippen LogP contribution in [-0.4, -0.2) is 42.7 Å². The van der Waals surface area contributed by atoms with Crippen molar-refractivity contribution in [1.29, 1.82) is 0 Å². The standard InChI is InChI=1S/C12H15F3N2O3/c1-20-6-2-4-16-10(18)8-17-5-3-9(7-17)11(19)12(13,14)15/h3,5,7H,2,4,6,8H2,1H3,(H,16,18). The molecule has 0 atom stereocenters. The number of nitrogens with zero attached hydrogens (tertiary/aromatic N) is 1. The van der Waals surface area contributed by atoms with Crippen molar-refractivity contribution >= 4 is 11.7 Å². The molecule has 0 radical (unpaired) electrons. The number of aromatic nitrogens is 1.